The summed E-state index contributed by atoms with van der Waals surface area (Å²) in [5, 5.41) is 10.9. The van der Waals surface area contributed by atoms with Crippen LogP contribution in [-0.4, -0.2) is 28.5 Å². The normalized spacial score (nSPS) is 10.2. The van der Waals surface area contributed by atoms with Crippen LogP contribution in [0.3, 0.4) is 0 Å². The zero-order chi connectivity index (χ0) is 13.5. The number of nitrogen functional groups attached to an aromatic ring is 1. The molecule has 0 amide bonds. The fraction of sp³-hybridized carbons (Fsp3) is 0.600. The summed E-state index contributed by atoms with van der Waals surface area (Å²) in [6, 6.07) is 0. The lowest BCUT2D eigenvalue weighted by atomic mass is 10.2. The van der Waals surface area contributed by atoms with E-state index in [1.807, 2.05) is 0 Å². The van der Waals surface area contributed by atoms with Crippen molar-refractivity contribution >= 4 is 17.5 Å². The number of nitro groups is 1. The van der Waals surface area contributed by atoms with E-state index in [1.165, 1.54) is 0 Å². The molecule has 0 bridgehead atoms. The molecule has 0 fully saturated rings. The van der Waals surface area contributed by atoms with E-state index in [-0.39, 0.29) is 17.5 Å². The van der Waals surface area contributed by atoms with Gasteiger partial charge in [-0.3, -0.25) is 15.5 Å². The summed E-state index contributed by atoms with van der Waals surface area (Å²) in [4.78, 5) is 19.9. The smallest absolute Gasteiger partial charge is 0.329 e. The SMILES string of the molecule is CCCCCN(C)c1nc(NN)ncc1[N+](=O)[O-]. The summed E-state index contributed by atoms with van der Waals surface area (Å²) in [5.74, 6) is 5.64. The van der Waals surface area contributed by atoms with Gasteiger partial charge in [-0.1, -0.05) is 19.8 Å². The van der Waals surface area contributed by atoms with Crippen molar-refractivity contribution < 1.29 is 4.92 Å². The van der Waals surface area contributed by atoms with Crippen LogP contribution in [0, 0.1) is 10.1 Å². The molecule has 0 unspecified atom stereocenters. The lowest BCUT2D eigenvalue weighted by molar-refractivity contribution is -0.384. The van der Waals surface area contributed by atoms with Gasteiger partial charge in [0.15, 0.2) is 0 Å². The van der Waals surface area contributed by atoms with E-state index < -0.39 is 4.92 Å². The van der Waals surface area contributed by atoms with Gasteiger partial charge in [0.25, 0.3) is 0 Å². The summed E-state index contributed by atoms with van der Waals surface area (Å²) in [6.45, 7) is 2.80. The Hall–Kier alpha value is -1.96. The molecular weight excluding hydrogens is 236 g/mol. The first-order valence-corrected chi connectivity index (χ1v) is 5.79. The maximum absolute atomic E-state index is 10.9. The molecule has 1 aromatic heterocycles. The van der Waals surface area contributed by atoms with Crippen LogP contribution >= 0.6 is 0 Å². The van der Waals surface area contributed by atoms with Crippen molar-refractivity contribution in [3.05, 3.63) is 16.3 Å². The highest BCUT2D eigenvalue weighted by molar-refractivity contribution is 5.58. The summed E-state index contributed by atoms with van der Waals surface area (Å²) in [7, 11) is 1.77. The van der Waals surface area contributed by atoms with Gasteiger partial charge in [0.05, 0.1) is 4.92 Å². The average molecular weight is 254 g/mol. The van der Waals surface area contributed by atoms with Crippen LogP contribution in [-0.2, 0) is 0 Å². The second-order valence-electron chi connectivity index (χ2n) is 3.93. The fourth-order valence-corrected chi connectivity index (χ4v) is 1.55. The first-order valence-electron chi connectivity index (χ1n) is 5.79. The molecule has 1 rings (SSSR count). The minimum atomic E-state index is -0.494. The van der Waals surface area contributed by atoms with Crippen LogP contribution in [0.25, 0.3) is 0 Å². The molecule has 1 heterocycles. The highest BCUT2D eigenvalue weighted by Gasteiger charge is 2.20. The number of anilines is 2. The van der Waals surface area contributed by atoms with E-state index in [9.17, 15) is 10.1 Å². The predicted molar refractivity (Wildman–Crippen MR) is 69.3 cm³/mol. The minimum absolute atomic E-state index is 0.118. The molecule has 18 heavy (non-hydrogen) atoms. The Bertz CT molecular complexity index is 411. The molecule has 0 radical (unpaired) electrons. The molecule has 0 saturated carbocycles. The maximum Gasteiger partial charge on any atom is 0.329 e. The quantitative estimate of drug-likeness (QED) is 0.326. The van der Waals surface area contributed by atoms with Gasteiger partial charge in [0.2, 0.25) is 11.8 Å². The van der Waals surface area contributed by atoms with Crippen LogP contribution < -0.4 is 16.2 Å². The largest absolute Gasteiger partial charge is 0.354 e. The van der Waals surface area contributed by atoms with Crippen LogP contribution in [0.4, 0.5) is 17.5 Å². The van der Waals surface area contributed by atoms with Crippen LogP contribution in [0.5, 0.6) is 0 Å². The molecule has 0 atom stereocenters. The third kappa shape index (κ3) is 3.52. The Labute approximate surface area is 105 Å². The van der Waals surface area contributed by atoms with Gasteiger partial charge in [0.1, 0.15) is 6.20 Å². The van der Waals surface area contributed by atoms with Gasteiger partial charge in [-0.25, -0.2) is 10.8 Å². The van der Waals surface area contributed by atoms with E-state index in [4.69, 9.17) is 5.84 Å². The summed E-state index contributed by atoms with van der Waals surface area (Å²) >= 11 is 0. The lowest BCUT2D eigenvalue weighted by Gasteiger charge is -2.17. The van der Waals surface area contributed by atoms with Crippen molar-refractivity contribution in [3.8, 4) is 0 Å². The van der Waals surface area contributed by atoms with E-state index in [0.717, 1.165) is 25.5 Å². The Balaban J connectivity index is 2.92. The Morgan fingerprint density at radius 3 is 2.83 bits per heavy atom. The molecular formula is C10H18N6O2. The second kappa shape index (κ2) is 6.70. The Morgan fingerprint density at radius 2 is 2.28 bits per heavy atom. The molecule has 8 nitrogen and oxygen atoms in total. The van der Waals surface area contributed by atoms with E-state index in [2.05, 4.69) is 22.3 Å². The first-order chi connectivity index (χ1) is 8.60. The van der Waals surface area contributed by atoms with Crippen molar-refractivity contribution in [2.75, 3.05) is 23.9 Å². The van der Waals surface area contributed by atoms with Crippen LogP contribution in [0.1, 0.15) is 26.2 Å². The van der Waals surface area contributed by atoms with Crippen molar-refractivity contribution in [3.63, 3.8) is 0 Å². The van der Waals surface area contributed by atoms with Crippen molar-refractivity contribution in [1.29, 1.82) is 0 Å². The van der Waals surface area contributed by atoms with Crippen LogP contribution in [0.2, 0.25) is 0 Å². The zero-order valence-corrected chi connectivity index (χ0v) is 10.6. The number of hydrogen-bond donors (Lipinski definition) is 2. The second-order valence-corrected chi connectivity index (χ2v) is 3.93. The number of unbranched alkanes of at least 4 members (excludes halogenated alkanes) is 2. The average Bonchev–Trinajstić information content (AvgIpc) is 2.38. The highest BCUT2D eigenvalue weighted by atomic mass is 16.6. The van der Waals surface area contributed by atoms with E-state index >= 15 is 0 Å². The molecule has 0 spiro atoms. The van der Waals surface area contributed by atoms with Gasteiger partial charge in [0, 0.05) is 13.6 Å². The molecule has 100 valence electrons. The lowest BCUT2D eigenvalue weighted by Crippen LogP contribution is -2.22. The number of rotatable bonds is 7. The summed E-state index contributed by atoms with van der Waals surface area (Å²) in [6.07, 6.45) is 4.29. The van der Waals surface area contributed by atoms with Gasteiger partial charge in [-0.05, 0) is 6.42 Å². The van der Waals surface area contributed by atoms with Gasteiger partial charge < -0.3 is 4.90 Å². The van der Waals surface area contributed by atoms with Crippen molar-refractivity contribution in [1.82, 2.24) is 9.97 Å². The van der Waals surface area contributed by atoms with E-state index in [1.54, 1.807) is 11.9 Å². The number of hydrazine groups is 1. The van der Waals surface area contributed by atoms with Crippen molar-refractivity contribution in [2.24, 2.45) is 5.84 Å². The number of nitrogens with zero attached hydrogens (tertiary/aromatic N) is 4. The maximum atomic E-state index is 10.9. The molecule has 8 heteroatoms. The third-order valence-electron chi connectivity index (χ3n) is 2.53. The Morgan fingerprint density at radius 1 is 1.56 bits per heavy atom. The van der Waals surface area contributed by atoms with Gasteiger partial charge in [-0.15, -0.1) is 0 Å². The number of nitrogens with two attached hydrogens (primary N) is 1. The van der Waals surface area contributed by atoms with Crippen LogP contribution in [0.15, 0.2) is 6.20 Å². The fourth-order valence-electron chi connectivity index (χ4n) is 1.55. The molecule has 0 aliphatic heterocycles. The summed E-state index contributed by atoms with van der Waals surface area (Å²) < 4.78 is 0. The monoisotopic (exact) mass is 254 g/mol. The number of nitrogens with one attached hydrogen (secondary N) is 1. The standard InChI is InChI=1S/C10H18N6O2/c1-3-4-5-6-15(2)9-8(16(17)18)7-12-10(13-9)14-11/h7H,3-6,11H2,1-2H3,(H,12,13,14). The van der Waals surface area contributed by atoms with Crippen molar-refractivity contribution in [2.45, 2.75) is 26.2 Å². The zero-order valence-electron chi connectivity index (χ0n) is 10.6. The molecule has 0 aliphatic carbocycles. The molecule has 0 saturated heterocycles. The minimum Gasteiger partial charge on any atom is -0.354 e. The number of aromatic nitrogens is 2. The molecule has 0 aliphatic rings. The van der Waals surface area contributed by atoms with Gasteiger partial charge in [-0.2, -0.15) is 4.98 Å². The number of hydrogen-bond acceptors (Lipinski definition) is 7. The third-order valence-corrected chi connectivity index (χ3v) is 2.53. The van der Waals surface area contributed by atoms with E-state index in [0.29, 0.717) is 6.54 Å². The molecule has 3 N–H and O–H groups in total. The molecule has 1 aromatic rings. The molecule has 0 aromatic carbocycles. The first kappa shape index (κ1) is 14.1. The summed E-state index contributed by atoms with van der Waals surface area (Å²) in [5.41, 5.74) is 2.17. The highest BCUT2D eigenvalue weighted by Crippen LogP contribution is 2.25. The van der Waals surface area contributed by atoms with Gasteiger partial charge >= 0.3 is 5.69 Å². The topological polar surface area (TPSA) is 110 Å². The Kier molecular flexibility index (Phi) is 5.25. The predicted octanol–water partition coefficient (Wildman–Crippen LogP) is 1.30.